The Morgan fingerprint density at radius 1 is 1.47 bits per heavy atom. The quantitative estimate of drug-likeness (QED) is 0.750. The molecule has 1 aromatic heterocycles. The van der Waals surface area contributed by atoms with E-state index in [1.165, 1.54) is 0 Å². The monoisotopic (exact) mass is 240 g/mol. The van der Waals surface area contributed by atoms with Crippen LogP contribution in [0.25, 0.3) is 0 Å². The summed E-state index contributed by atoms with van der Waals surface area (Å²) in [5.74, 6) is 0.705. The van der Waals surface area contributed by atoms with Gasteiger partial charge >= 0.3 is 0 Å². The lowest BCUT2D eigenvalue weighted by molar-refractivity contribution is 0.0615. The lowest BCUT2D eigenvalue weighted by Gasteiger charge is -2.13. The summed E-state index contributed by atoms with van der Waals surface area (Å²) in [5.41, 5.74) is 1.82. The normalized spacial score (nSPS) is 12.2. The van der Waals surface area contributed by atoms with Gasteiger partial charge in [0.15, 0.2) is 5.75 Å². The van der Waals surface area contributed by atoms with Gasteiger partial charge < -0.3 is 19.9 Å². The van der Waals surface area contributed by atoms with Crippen LogP contribution in [0.3, 0.4) is 0 Å². The summed E-state index contributed by atoms with van der Waals surface area (Å²) >= 11 is 0. The van der Waals surface area contributed by atoms with E-state index in [9.17, 15) is 5.11 Å². The van der Waals surface area contributed by atoms with Crippen molar-refractivity contribution in [2.45, 2.75) is 19.4 Å². The summed E-state index contributed by atoms with van der Waals surface area (Å²) < 4.78 is 10.1. The highest BCUT2D eigenvalue weighted by molar-refractivity contribution is 5.55. The second kappa shape index (κ2) is 7.09. The van der Waals surface area contributed by atoms with Crippen molar-refractivity contribution in [2.24, 2.45) is 0 Å². The van der Waals surface area contributed by atoms with E-state index in [4.69, 9.17) is 9.47 Å². The molecule has 0 bridgehead atoms. The van der Waals surface area contributed by atoms with E-state index in [1.54, 1.807) is 20.4 Å². The van der Waals surface area contributed by atoms with Crippen LogP contribution in [0.4, 0.5) is 5.69 Å². The Labute approximate surface area is 102 Å². The van der Waals surface area contributed by atoms with Gasteiger partial charge in [-0.05, 0) is 19.4 Å². The average Bonchev–Trinajstić information content (AvgIpc) is 2.30. The molecule has 0 amide bonds. The molecule has 17 heavy (non-hydrogen) atoms. The van der Waals surface area contributed by atoms with Crippen LogP contribution in [0.15, 0.2) is 12.3 Å². The van der Waals surface area contributed by atoms with Crippen LogP contribution in [-0.4, -0.2) is 43.6 Å². The molecule has 0 aliphatic heterocycles. The highest BCUT2D eigenvalue weighted by Gasteiger charge is 2.06. The van der Waals surface area contributed by atoms with E-state index in [1.807, 2.05) is 13.0 Å². The van der Waals surface area contributed by atoms with Gasteiger partial charge in [0.2, 0.25) is 0 Å². The molecule has 0 aliphatic rings. The molecule has 1 heterocycles. The molecule has 0 aromatic carbocycles. The number of ether oxygens (including phenoxy) is 2. The fourth-order valence-corrected chi connectivity index (χ4v) is 1.50. The number of hydrogen-bond acceptors (Lipinski definition) is 5. The number of aliphatic hydroxyl groups excluding tert-OH is 1. The molecule has 0 radical (unpaired) electrons. The van der Waals surface area contributed by atoms with E-state index in [0.717, 1.165) is 11.4 Å². The van der Waals surface area contributed by atoms with Crippen molar-refractivity contribution in [3.05, 3.63) is 18.0 Å². The first-order valence-electron chi connectivity index (χ1n) is 5.59. The number of aryl methyl sites for hydroxylation is 1. The average molecular weight is 240 g/mol. The van der Waals surface area contributed by atoms with Crippen molar-refractivity contribution in [1.29, 1.82) is 0 Å². The molecule has 0 fully saturated rings. The Morgan fingerprint density at radius 3 is 2.88 bits per heavy atom. The van der Waals surface area contributed by atoms with Crippen LogP contribution in [0.5, 0.6) is 5.75 Å². The molecule has 1 unspecified atom stereocenters. The van der Waals surface area contributed by atoms with E-state index >= 15 is 0 Å². The number of hydrogen-bond donors (Lipinski definition) is 2. The van der Waals surface area contributed by atoms with Crippen LogP contribution in [0.2, 0.25) is 0 Å². The van der Waals surface area contributed by atoms with Gasteiger partial charge in [0.05, 0.1) is 31.7 Å². The largest absolute Gasteiger partial charge is 0.493 e. The number of anilines is 1. The van der Waals surface area contributed by atoms with Crippen molar-refractivity contribution < 1.29 is 14.6 Å². The third kappa shape index (κ3) is 4.58. The Bertz CT molecular complexity index is 345. The Hall–Kier alpha value is -1.33. The van der Waals surface area contributed by atoms with Crippen LogP contribution in [0.1, 0.15) is 12.1 Å². The molecule has 96 valence electrons. The maximum absolute atomic E-state index is 9.50. The van der Waals surface area contributed by atoms with Crippen molar-refractivity contribution in [3.63, 3.8) is 0 Å². The molecule has 0 aliphatic carbocycles. The van der Waals surface area contributed by atoms with Crippen molar-refractivity contribution in [1.82, 2.24) is 4.98 Å². The SMILES string of the molecule is COCC(O)CCNc1cc(C)ncc1OC. The molecule has 0 saturated heterocycles. The zero-order chi connectivity index (χ0) is 12.7. The number of aromatic nitrogens is 1. The van der Waals surface area contributed by atoms with Crippen molar-refractivity contribution in [2.75, 3.05) is 32.7 Å². The molecule has 0 saturated carbocycles. The third-order valence-corrected chi connectivity index (χ3v) is 2.38. The van der Waals surface area contributed by atoms with Crippen LogP contribution < -0.4 is 10.1 Å². The predicted octanol–water partition coefficient (Wildman–Crippen LogP) is 1.21. The Kier molecular flexibility index (Phi) is 5.72. The summed E-state index contributed by atoms with van der Waals surface area (Å²) in [7, 11) is 3.18. The molecule has 5 nitrogen and oxygen atoms in total. The molecule has 5 heteroatoms. The van der Waals surface area contributed by atoms with E-state index in [-0.39, 0.29) is 0 Å². The molecule has 1 atom stereocenters. The zero-order valence-corrected chi connectivity index (χ0v) is 10.6. The second-order valence-electron chi connectivity index (χ2n) is 3.85. The number of pyridine rings is 1. The summed E-state index contributed by atoms with van der Waals surface area (Å²) in [6.45, 7) is 2.93. The molecular weight excluding hydrogens is 220 g/mol. The zero-order valence-electron chi connectivity index (χ0n) is 10.6. The minimum Gasteiger partial charge on any atom is -0.493 e. The standard InChI is InChI=1S/C12H20N2O3/c1-9-6-11(12(17-3)7-14-9)13-5-4-10(15)8-16-2/h6-7,10,15H,4-5,8H2,1-3H3,(H,13,14). The lowest BCUT2D eigenvalue weighted by atomic mass is 10.2. The number of rotatable bonds is 7. The number of nitrogens with one attached hydrogen (secondary N) is 1. The third-order valence-electron chi connectivity index (χ3n) is 2.38. The topological polar surface area (TPSA) is 63.6 Å². The minimum absolute atomic E-state index is 0.355. The van der Waals surface area contributed by atoms with Gasteiger partial charge in [-0.3, -0.25) is 4.98 Å². The van der Waals surface area contributed by atoms with Gasteiger partial charge in [0.25, 0.3) is 0 Å². The van der Waals surface area contributed by atoms with Crippen LogP contribution in [-0.2, 0) is 4.74 Å². The number of methoxy groups -OCH3 is 2. The highest BCUT2D eigenvalue weighted by Crippen LogP contribution is 2.23. The fraction of sp³-hybridized carbons (Fsp3) is 0.583. The summed E-state index contributed by atoms with van der Waals surface area (Å²) in [6.07, 6.45) is 1.86. The minimum atomic E-state index is -0.443. The molecule has 2 N–H and O–H groups in total. The van der Waals surface area contributed by atoms with Crippen molar-refractivity contribution in [3.8, 4) is 5.75 Å². The van der Waals surface area contributed by atoms with E-state index < -0.39 is 6.10 Å². The van der Waals surface area contributed by atoms with Gasteiger partial charge in [0.1, 0.15) is 0 Å². The lowest BCUT2D eigenvalue weighted by Crippen LogP contribution is -2.18. The first-order chi connectivity index (χ1) is 8.17. The first-order valence-corrected chi connectivity index (χ1v) is 5.59. The second-order valence-corrected chi connectivity index (χ2v) is 3.85. The Morgan fingerprint density at radius 2 is 2.24 bits per heavy atom. The summed E-state index contributed by atoms with van der Waals surface area (Å²) in [6, 6.07) is 1.92. The smallest absolute Gasteiger partial charge is 0.160 e. The van der Waals surface area contributed by atoms with Crippen molar-refractivity contribution >= 4 is 5.69 Å². The maximum atomic E-state index is 9.50. The van der Waals surface area contributed by atoms with Gasteiger partial charge in [0, 0.05) is 19.3 Å². The maximum Gasteiger partial charge on any atom is 0.160 e. The van der Waals surface area contributed by atoms with Gasteiger partial charge in [-0.2, -0.15) is 0 Å². The predicted molar refractivity (Wildman–Crippen MR) is 66.5 cm³/mol. The molecular formula is C12H20N2O3. The van der Waals surface area contributed by atoms with Crippen LogP contribution >= 0.6 is 0 Å². The first kappa shape index (κ1) is 13.7. The summed E-state index contributed by atoms with van der Waals surface area (Å²) in [4.78, 5) is 4.15. The molecule has 1 aromatic rings. The number of nitrogens with zero attached hydrogens (tertiary/aromatic N) is 1. The van der Waals surface area contributed by atoms with Gasteiger partial charge in [-0.15, -0.1) is 0 Å². The van der Waals surface area contributed by atoms with Crippen LogP contribution in [0, 0.1) is 6.92 Å². The van der Waals surface area contributed by atoms with Gasteiger partial charge in [-0.1, -0.05) is 0 Å². The molecule has 0 spiro atoms. The van der Waals surface area contributed by atoms with Gasteiger partial charge in [-0.25, -0.2) is 0 Å². The van der Waals surface area contributed by atoms with E-state index in [2.05, 4.69) is 10.3 Å². The summed E-state index contributed by atoms with van der Waals surface area (Å²) in [5, 5.41) is 12.7. The highest BCUT2D eigenvalue weighted by atomic mass is 16.5. The fourth-order valence-electron chi connectivity index (χ4n) is 1.50. The van der Waals surface area contributed by atoms with E-state index in [0.29, 0.717) is 25.3 Å². The molecule has 1 rings (SSSR count). The number of aliphatic hydroxyl groups is 1. The Balaban J connectivity index is 2.48.